The van der Waals surface area contributed by atoms with Gasteiger partial charge >= 0.3 is 19.8 Å². The number of hydrogen-bond donors (Lipinski definition) is 8. The van der Waals surface area contributed by atoms with E-state index in [1.165, 1.54) is 19.3 Å². The van der Waals surface area contributed by atoms with E-state index in [-0.39, 0.29) is 12.8 Å². The molecule has 16 heteroatoms. The highest BCUT2D eigenvalue weighted by molar-refractivity contribution is 7.47. The summed E-state index contributed by atoms with van der Waals surface area (Å²) in [6, 6.07) is 0. The Kier molecular flexibility index (Phi) is 34.7. The second-order valence-electron chi connectivity index (χ2n) is 15.9. The van der Waals surface area contributed by atoms with E-state index in [9.17, 15) is 54.8 Å². The van der Waals surface area contributed by atoms with Crippen LogP contribution in [-0.4, -0.2) is 121 Å². The van der Waals surface area contributed by atoms with Crippen LogP contribution in [0.5, 0.6) is 0 Å². The van der Waals surface area contributed by atoms with Gasteiger partial charge in [-0.1, -0.05) is 143 Å². The summed E-state index contributed by atoms with van der Waals surface area (Å²) in [6.07, 6.45) is 29.5. The average molecular weight is 939 g/mol. The van der Waals surface area contributed by atoms with Gasteiger partial charge in [0, 0.05) is 12.8 Å². The van der Waals surface area contributed by atoms with Gasteiger partial charge in [-0.25, -0.2) is 4.57 Å². The van der Waals surface area contributed by atoms with E-state index >= 15 is 0 Å². The Morgan fingerprint density at radius 1 is 0.585 bits per heavy atom. The van der Waals surface area contributed by atoms with Crippen molar-refractivity contribution in [3.05, 3.63) is 97.2 Å². The standard InChI is InChI=1S/C49H79O15P/c1-3-5-7-8-9-10-11-12-13-14-15-16-20-23-29-35-42(52)61-37-41(38-62-65(59,60)64-49-47(57)45(55)44(54)46(56)48(49)58)63-43(53)36-30-24-28-34-40(51)33-27-22-19-17-18-21-26-32-39(50)31-25-6-4-2/h6,9-10,12-13,18-19,21-22,25-28,32-34,39-41,44-51,54-58H,3-5,7-8,11,14-17,20,23-24,29-31,35-38H2,1-2H3,(H,59,60)/b10-9-,13-12-,21-18-,22-19-,25-6-,32-26+,33-27+,34-28-/t39-,40-,41+,44?,45-,46+,47+,48+,49?/m0/s1. The van der Waals surface area contributed by atoms with Gasteiger partial charge in [0.2, 0.25) is 0 Å². The zero-order valence-corrected chi connectivity index (χ0v) is 39.4. The van der Waals surface area contributed by atoms with Crippen LogP contribution in [0.25, 0.3) is 0 Å². The molecule has 0 aromatic carbocycles. The first-order chi connectivity index (χ1) is 31.2. The lowest BCUT2D eigenvalue weighted by Gasteiger charge is -2.41. The van der Waals surface area contributed by atoms with Crippen LogP contribution < -0.4 is 0 Å². The highest BCUT2D eigenvalue weighted by atomic mass is 31.2. The van der Waals surface area contributed by atoms with Crippen molar-refractivity contribution >= 4 is 19.8 Å². The molecule has 65 heavy (non-hydrogen) atoms. The molecule has 0 aliphatic heterocycles. The third-order valence-electron chi connectivity index (χ3n) is 10.1. The Labute approximate surface area is 386 Å². The SMILES string of the molecule is CC/C=C\C[C@H](O)/C=C/C=C\C/C=C\C=C\[C@H](O)/C=C\CCCC(=O)O[C@H](COC(=O)CCCCCCC/C=C\C/C=C\CCCCC)COP(=O)(O)OC1[C@H](O)[C@H](O)C(O)[C@H](O)[C@H]1O. The lowest BCUT2D eigenvalue weighted by atomic mass is 9.85. The van der Waals surface area contributed by atoms with Crippen molar-refractivity contribution in [2.75, 3.05) is 13.2 Å². The average Bonchev–Trinajstić information content (AvgIpc) is 3.28. The van der Waals surface area contributed by atoms with Crippen molar-refractivity contribution < 1.29 is 73.3 Å². The van der Waals surface area contributed by atoms with E-state index < -0.39 is 87.9 Å². The maximum Gasteiger partial charge on any atom is 0.472 e. The number of esters is 2. The predicted octanol–water partition coefficient (Wildman–Crippen LogP) is 6.99. The summed E-state index contributed by atoms with van der Waals surface area (Å²) in [5, 5.41) is 70.2. The molecule has 0 aromatic rings. The highest BCUT2D eigenvalue weighted by Gasteiger charge is 2.51. The van der Waals surface area contributed by atoms with Crippen LogP contribution in [-0.2, 0) is 32.7 Å². The molecule has 0 bridgehead atoms. The van der Waals surface area contributed by atoms with Gasteiger partial charge in [0.1, 0.15) is 43.2 Å². The van der Waals surface area contributed by atoms with Crippen molar-refractivity contribution in [1.29, 1.82) is 0 Å². The van der Waals surface area contributed by atoms with Crippen LogP contribution in [0.15, 0.2) is 97.2 Å². The highest BCUT2D eigenvalue weighted by Crippen LogP contribution is 2.47. The quantitative estimate of drug-likeness (QED) is 0.0104. The van der Waals surface area contributed by atoms with Gasteiger partial charge in [0.05, 0.1) is 18.8 Å². The van der Waals surface area contributed by atoms with Crippen molar-refractivity contribution in [1.82, 2.24) is 0 Å². The number of phosphoric acid groups is 1. The Morgan fingerprint density at radius 2 is 1.15 bits per heavy atom. The molecule has 15 nitrogen and oxygen atoms in total. The molecule has 1 fully saturated rings. The van der Waals surface area contributed by atoms with E-state index in [4.69, 9.17) is 18.5 Å². The molecule has 1 saturated carbocycles. The second-order valence-corrected chi connectivity index (χ2v) is 17.3. The molecule has 0 radical (unpaired) electrons. The van der Waals surface area contributed by atoms with Crippen LogP contribution >= 0.6 is 7.82 Å². The molecule has 10 atom stereocenters. The van der Waals surface area contributed by atoms with Gasteiger partial charge in [-0.15, -0.1) is 0 Å². The van der Waals surface area contributed by atoms with Crippen molar-refractivity contribution in [2.45, 2.75) is 184 Å². The molecule has 1 aliphatic carbocycles. The summed E-state index contributed by atoms with van der Waals surface area (Å²) in [5.41, 5.74) is 0. The van der Waals surface area contributed by atoms with Crippen molar-refractivity contribution in [3.8, 4) is 0 Å². The summed E-state index contributed by atoms with van der Waals surface area (Å²) in [5.74, 6) is -1.31. The molecular weight excluding hydrogens is 859 g/mol. The number of allylic oxidation sites excluding steroid dienone is 12. The first-order valence-corrected chi connectivity index (χ1v) is 24.8. The third-order valence-corrected chi connectivity index (χ3v) is 11.1. The number of unbranched alkanes of at least 4 members (excludes halogenated alkanes) is 9. The minimum Gasteiger partial charge on any atom is -0.462 e. The second kappa shape index (κ2) is 37.7. The topological polar surface area (TPSA) is 250 Å². The normalized spacial score (nSPS) is 23.3. The minimum atomic E-state index is -5.18. The number of phosphoric ester groups is 1. The largest absolute Gasteiger partial charge is 0.472 e. The number of carbonyl (C=O) groups excluding carboxylic acids is 2. The number of carbonyl (C=O) groups is 2. The van der Waals surface area contributed by atoms with Gasteiger partial charge in [0.15, 0.2) is 6.10 Å². The van der Waals surface area contributed by atoms with Gasteiger partial charge in [-0.3, -0.25) is 18.6 Å². The summed E-state index contributed by atoms with van der Waals surface area (Å²) in [6.45, 7) is 2.89. The van der Waals surface area contributed by atoms with Gasteiger partial charge in [-0.2, -0.15) is 0 Å². The molecule has 0 saturated heterocycles. The Balaban J connectivity index is 2.60. The molecule has 0 amide bonds. The molecule has 0 aromatic heterocycles. The lowest BCUT2D eigenvalue weighted by Crippen LogP contribution is -2.64. The van der Waals surface area contributed by atoms with Gasteiger partial charge in [-0.05, 0) is 70.6 Å². The fourth-order valence-corrected chi connectivity index (χ4v) is 7.26. The first kappa shape index (κ1) is 59.7. The minimum absolute atomic E-state index is 0.0984. The number of aliphatic hydroxyl groups is 7. The van der Waals surface area contributed by atoms with Crippen molar-refractivity contribution in [2.24, 2.45) is 0 Å². The third kappa shape index (κ3) is 30.6. The molecule has 8 N–H and O–H groups in total. The fraction of sp³-hybridized carbons (Fsp3) is 0.633. The van der Waals surface area contributed by atoms with Gasteiger partial charge in [0.25, 0.3) is 0 Å². The summed E-state index contributed by atoms with van der Waals surface area (Å²) in [7, 11) is -5.18. The van der Waals surface area contributed by atoms with Crippen LogP contribution in [0.1, 0.15) is 129 Å². The Bertz CT molecular complexity index is 1540. The molecule has 3 unspecified atom stereocenters. The van der Waals surface area contributed by atoms with E-state index in [1.54, 1.807) is 42.5 Å². The zero-order chi connectivity index (χ0) is 48.1. The lowest BCUT2D eigenvalue weighted by molar-refractivity contribution is -0.220. The van der Waals surface area contributed by atoms with E-state index in [0.29, 0.717) is 32.1 Å². The summed E-state index contributed by atoms with van der Waals surface area (Å²) < 4.78 is 33.4. The van der Waals surface area contributed by atoms with Crippen molar-refractivity contribution in [3.63, 3.8) is 0 Å². The monoisotopic (exact) mass is 939 g/mol. The number of ether oxygens (including phenoxy) is 2. The maximum absolute atomic E-state index is 12.8. The van der Waals surface area contributed by atoms with E-state index in [1.807, 2.05) is 37.3 Å². The summed E-state index contributed by atoms with van der Waals surface area (Å²) >= 11 is 0. The predicted molar refractivity (Wildman–Crippen MR) is 251 cm³/mol. The van der Waals surface area contributed by atoms with E-state index in [2.05, 4.69) is 31.2 Å². The molecular formula is C49H79O15P. The Morgan fingerprint density at radius 3 is 1.82 bits per heavy atom. The van der Waals surface area contributed by atoms with Crippen LogP contribution in [0, 0.1) is 0 Å². The first-order valence-electron chi connectivity index (χ1n) is 23.3. The number of rotatable bonds is 36. The Hall–Kier alpha value is -3.31. The van der Waals surface area contributed by atoms with Gasteiger partial charge < -0.3 is 50.1 Å². The fourth-order valence-electron chi connectivity index (χ4n) is 6.29. The van der Waals surface area contributed by atoms with Crippen LogP contribution in [0.4, 0.5) is 0 Å². The maximum atomic E-state index is 12.8. The summed E-state index contributed by atoms with van der Waals surface area (Å²) in [4.78, 5) is 35.7. The van der Waals surface area contributed by atoms with Crippen LogP contribution in [0.2, 0.25) is 0 Å². The zero-order valence-electron chi connectivity index (χ0n) is 38.5. The molecule has 0 spiro atoms. The number of aliphatic hydroxyl groups excluding tert-OH is 7. The van der Waals surface area contributed by atoms with Crippen LogP contribution in [0.3, 0.4) is 0 Å². The molecule has 0 heterocycles. The van der Waals surface area contributed by atoms with E-state index in [0.717, 1.165) is 51.4 Å². The molecule has 1 rings (SSSR count). The molecule has 370 valence electrons. The smallest absolute Gasteiger partial charge is 0.462 e. The molecule has 1 aliphatic rings. The number of hydrogen-bond acceptors (Lipinski definition) is 14.